The van der Waals surface area contributed by atoms with Gasteiger partial charge < -0.3 is 4.90 Å². The first-order valence-corrected chi connectivity index (χ1v) is 5.94. The van der Waals surface area contributed by atoms with Gasteiger partial charge in [0.15, 0.2) is 0 Å². The van der Waals surface area contributed by atoms with Crippen LogP contribution in [0.4, 0.5) is 14.5 Å². The molecule has 1 atom stereocenters. The quantitative estimate of drug-likeness (QED) is 0.721. The van der Waals surface area contributed by atoms with E-state index in [-0.39, 0.29) is 11.6 Å². The molecule has 1 unspecified atom stereocenters. The fraction of sp³-hybridized carbons (Fsp3) is 0.500. The van der Waals surface area contributed by atoms with E-state index < -0.39 is 11.6 Å². The van der Waals surface area contributed by atoms with Crippen molar-refractivity contribution in [1.82, 2.24) is 0 Å². The third kappa shape index (κ3) is 2.14. The predicted molar refractivity (Wildman–Crippen MR) is 61.9 cm³/mol. The van der Waals surface area contributed by atoms with E-state index >= 15 is 0 Å². The maximum Gasteiger partial charge on any atom is 0.149 e. The van der Waals surface area contributed by atoms with Gasteiger partial charge in [0.25, 0.3) is 0 Å². The van der Waals surface area contributed by atoms with Gasteiger partial charge in [0.1, 0.15) is 17.3 Å². The van der Waals surface area contributed by atoms with Crippen molar-refractivity contribution in [1.29, 1.82) is 0 Å². The first-order valence-electron chi connectivity index (χ1n) is 5.40. The summed E-state index contributed by atoms with van der Waals surface area (Å²) in [5, 5.41) is 0. The largest absolute Gasteiger partial charge is 0.367 e. The molecule has 0 bridgehead atoms. The molecule has 0 N–H and O–H groups in total. The maximum absolute atomic E-state index is 13.7. The lowest BCUT2D eigenvalue weighted by Crippen LogP contribution is -2.21. The zero-order chi connectivity index (χ0) is 11.7. The van der Waals surface area contributed by atoms with Crippen molar-refractivity contribution < 1.29 is 8.78 Å². The number of hydrogen-bond donors (Lipinski definition) is 0. The lowest BCUT2D eigenvalue weighted by atomic mass is 10.1. The van der Waals surface area contributed by atoms with Gasteiger partial charge in [0, 0.05) is 19.0 Å². The average Bonchev–Trinajstić information content (AvgIpc) is 2.63. The lowest BCUT2D eigenvalue weighted by molar-refractivity contribution is 0.573. The van der Waals surface area contributed by atoms with Crippen molar-refractivity contribution >= 4 is 17.3 Å². The lowest BCUT2D eigenvalue weighted by Gasteiger charge is -2.20. The molecular formula is C12H14ClF2N. The minimum Gasteiger partial charge on any atom is -0.367 e. The summed E-state index contributed by atoms with van der Waals surface area (Å²) < 4.78 is 27.5. The third-order valence-corrected chi connectivity index (χ3v) is 3.28. The van der Waals surface area contributed by atoms with E-state index in [9.17, 15) is 8.78 Å². The molecule has 1 saturated heterocycles. The highest BCUT2D eigenvalue weighted by Gasteiger charge is 2.24. The van der Waals surface area contributed by atoms with Crippen molar-refractivity contribution in [3.05, 3.63) is 29.3 Å². The van der Waals surface area contributed by atoms with Crippen molar-refractivity contribution in [3.63, 3.8) is 0 Å². The molecule has 88 valence electrons. The van der Waals surface area contributed by atoms with Crippen LogP contribution in [-0.4, -0.2) is 13.1 Å². The van der Waals surface area contributed by atoms with E-state index in [4.69, 9.17) is 11.6 Å². The van der Waals surface area contributed by atoms with Gasteiger partial charge in [-0.15, -0.1) is 11.6 Å². The molecule has 1 nitrogen and oxygen atoms in total. The molecule has 1 heterocycles. The van der Waals surface area contributed by atoms with Crippen LogP contribution in [-0.2, 0) is 5.88 Å². The van der Waals surface area contributed by atoms with Crippen molar-refractivity contribution in [2.24, 2.45) is 5.92 Å². The molecule has 1 aliphatic rings. The van der Waals surface area contributed by atoms with Crippen LogP contribution in [0.25, 0.3) is 0 Å². The van der Waals surface area contributed by atoms with Crippen LogP contribution in [0.3, 0.4) is 0 Å². The number of benzene rings is 1. The Kier molecular flexibility index (Phi) is 3.33. The van der Waals surface area contributed by atoms with Crippen LogP contribution >= 0.6 is 11.6 Å². The van der Waals surface area contributed by atoms with E-state index in [2.05, 4.69) is 6.92 Å². The Bertz CT molecular complexity index is 372. The van der Waals surface area contributed by atoms with Gasteiger partial charge in [0.2, 0.25) is 0 Å². The second-order valence-corrected chi connectivity index (χ2v) is 4.65. The van der Waals surface area contributed by atoms with Gasteiger partial charge >= 0.3 is 0 Å². The topological polar surface area (TPSA) is 3.24 Å². The molecule has 4 heteroatoms. The summed E-state index contributed by atoms with van der Waals surface area (Å²) in [4.78, 5) is 1.77. The van der Waals surface area contributed by atoms with Crippen LogP contribution in [0.2, 0.25) is 0 Å². The second-order valence-electron chi connectivity index (χ2n) is 4.38. The van der Waals surface area contributed by atoms with Crippen LogP contribution in [0, 0.1) is 17.6 Å². The Labute approximate surface area is 99.0 Å². The number of halogens is 3. The van der Waals surface area contributed by atoms with Crippen molar-refractivity contribution in [2.45, 2.75) is 19.2 Å². The molecule has 2 rings (SSSR count). The number of anilines is 1. The minimum atomic E-state index is -0.509. The van der Waals surface area contributed by atoms with Gasteiger partial charge in [-0.05, 0) is 30.0 Å². The fourth-order valence-corrected chi connectivity index (χ4v) is 2.29. The molecule has 1 aromatic carbocycles. The Morgan fingerprint density at radius 1 is 1.38 bits per heavy atom. The summed E-state index contributed by atoms with van der Waals surface area (Å²) in [6.45, 7) is 3.52. The molecule has 1 aromatic rings. The normalized spacial score (nSPS) is 20.5. The number of alkyl halides is 1. The molecule has 0 aromatic heterocycles. The molecule has 16 heavy (non-hydrogen) atoms. The number of hydrogen-bond acceptors (Lipinski definition) is 1. The van der Waals surface area contributed by atoms with Gasteiger partial charge in [-0.25, -0.2) is 8.78 Å². The molecule has 0 spiro atoms. The second kappa shape index (κ2) is 4.58. The summed E-state index contributed by atoms with van der Waals surface area (Å²) in [5.74, 6) is -0.397. The molecule has 1 aliphatic heterocycles. The van der Waals surface area contributed by atoms with E-state index in [0.29, 0.717) is 18.0 Å². The zero-order valence-corrected chi connectivity index (χ0v) is 9.90. The highest BCUT2D eigenvalue weighted by molar-refractivity contribution is 6.17. The van der Waals surface area contributed by atoms with Gasteiger partial charge in [-0.2, -0.15) is 0 Å². The Morgan fingerprint density at radius 3 is 2.44 bits per heavy atom. The van der Waals surface area contributed by atoms with Gasteiger partial charge in [0.05, 0.1) is 0 Å². The highest BCUT2D eigenvalue weighted by atomic mass is 35.5. The third-order valence-electron chi connectivity index (χ3n) is 2.97. The summed E-state index contributed by atoms with van der Waals surface area (Å²) in [6.07, 6.45) is 0.982. The van der Waals surface area contributed by atoms with Crippen molar-refractivity contribution in [3.8, 4) is 0 Å². The monoisotopic (exact) mass is 245 g/mol. The van der Waals surface area contributed by atoms with E-state index in [1.165, 1.54) is 12.1 Å². The number of nitrogens with zero attached hydrogens (tertiary/aromatic N) is 1. The summed E-state index contributed by atoms with van der Waals surface area (Å²) in [5.41, 5.74) is 0.575. The standard InChI is InChI=1S/C12H14ClF2N/c1-8-2-3-16(7-8)12-10(14)4-9(6-13)5-11(12)15/h4-5,8H,2-3,6-7H2,1H3. The first kappa shape index (κ1) is 11.6. The smallest absolute Gasteiger partial charge is 0.149 e. The van der Waals surface area contributed by atoms with Crippen LogP contribution < -0.4 is 4.90 Å². The highest BCUT2D eigenvalue weighted by Crippen LogP contribution is 2.30. The molecular weight excluding hydrogens is 232 g/mol. The molecule has 0 saturated carbocycles. The van der Waals surface area contributed by atoms with Crippen LogP contribution in [0.5, 0.6) is 0 Å². The SMILES string of the molecule is CC1CCN(c2c(F)cc(CCl)cc2F)C1. The summed E-state index contributed by atoms with van der Waals surface area (Å²) in [7, 11) is 0. The Balaban J connectivity index is 2.34. The molecule has 0 amide bonds. The molecule has 1 fully saturated rings. The number of rotatable bonds is 2. The van der Waals surface area contributed by atoms with E-state index in [0.717, 1.165) is 13.0 Å². The fourth-order valence-electron chi connectivity index (χ4n) is 2.14. The van der Waals surface area contributed by atoms with Gasteiger partial charge in [-0.3, -0.25) is 0 Å². The van der Waals surface area contributed by atoms with E-state index in [1.807, 2.05) is 0 Å². The minimum absolute atomic E-state index is 0.0956. The zero-order valence-electron chi connectivity index (χ0n) is 9.14. The summed E-state index contributed by atoms with van der Waals surface area (Å²) >= 11 is 5.56. The van der Waals surface area contributed by atoms with Crippen LogP contribution in [0.1, 0.15) is 18.9 Å². The van der Waals surface area contributed by atoms with Crippen LogP contribution in [0.15, 0.2) is 12.1 Å². The molecule has 0 aliphatic carbocycles. The van der Waals surface area contributed by atoms with Crippen molar-refractivity contribution in [2.75, 3.05) is 18.0 Å². The molecule has 0 radical (unpaired) electrons. The summed E-state index contributed by atoms with van der Waals surface area (Å²) in [6, 6.07) is 2.63. The van der Waals surface area contributed by atoms with Gasteiger partial charge in [-0.1, -0.05) is 6.92 Å². The first-order chi connectivity index (χ1) is 7.61. The average molecular weight is 246 g/mol. The Hall–Kier alpha value is -0.830. The van der Waals surface area contributed by atoms with E-state index in [1.54, 1.807) is 4.90 Å². The predicted octanol–water partition coefficient (Wildman–Crippen LogP) is 3.55. The Morgan fingerprint density at radius 2 is 2.00 bits per heavy atom. The maximum atomic E-state index is 13.7.